The highest BCUT2D eigenvalue weighted by Gasteiger charge is 2.64. The van der Waals surface area contributed by atoms with Crippen LogP contribution in [0.2, 0.25) is 18.1 Å². The minimum absolute atomic E-state index is 0.0635. The summed E-state index contributed by atoms with van der Waals surface area (Å²) in [5.74, 6) is 1.40. The lowest BCUT2D eigenvalue weighted by molar-refractivity contribution is -0.133. The number of carbonyl (C=O) groups excluding carboxylic acids is 1. The number of hydrogen-bond donors (Lipinski definition) is 0. The molecule has 2 bridgehead atoms. The largest absolute Gasteiger partial charge is 0.497 e. The smallest absolute Gasteiger partial charge is 0.192 e. The molecule has 2 aliphatic heterocycles. The van der Waals surface area contributed by atoms with Gasteiger partial charge in [-0.2, -0.15) is 0 Å². The number of benzene rings is 1. The Morgan fingerprint density at radius 3 is 2.32 bits per heavy atom. The molecule has 1 aromatic rings. The van der Waals surface area contributed by atoms with Crippen molar-refractivity contribution in [3.05, 3.63) is 36.6 Å². The fraction of sp³-hybridized carbons (Fsp3) is 0.591. The monoisotopic (exact) mass is 404 g/mol. The van der Waals surface area contributed by atoms with Crippen LogP contribution in [0.1, 0.15) is 34.1 Å². The molecule has 0 saturated carbocycles. The summed E-state index contributed by atoms with van der Waals surface area (Å²) in [6.45, 7) is 13.0. The molecule has 2 heterocycles. The van der Waals surface area contributed by atoms with Gasteiger partial charge in [0.1, 0.15) is 11.5 Å². The van der Waals surface area contributed by atoms with E-state index in [1.807, 2.05) is 31.2 Å². The van der Waals surface area contributed by atoms with Crippen molar-refractivity contribution in [2.45, 2.75) is 70.1 Å². The Hall–Kier alpha value is -1.63. The molecule has 6 heteroatoms. The fourth-order valence-corrected chi connectivity index (χ4v) is 4.91. The molecule has 2 fully saturated rings. The molecule has 5 nitrogen and oxygen atoms in total. The molecule has 1 aromatic carbocycles. The van der Waals surface area contributed by atoms with Crippen molar-refractivity contribution < 1.29 is 23.4 Å². The zero-order valence-corrected chi connectivity index (χ0v) is 18.9. The van der Waals surface area contributed by atoms with E-state index in [9.17, 15) is 4.79 Å². The zero-order valence-electron chi connectivity index (χ0n) is 17.9. The predicted octanol–water partition coefficient (Wildman–Crippen LogP) is 4.72. The summed E-state index contributed by atoms with van der Waals surface area (Å²) in [5.41, 5.74) is -1.05. The van der Waals surface area contributed by atoms with Gasteiger partial charge in [-0.1, -0.05) is 27.7 Å². The van der Waals surface area contributed by atoms with Crippen molar-refractivity contribution in [3.8, 4) is 11.5 Å². The molecular weight excluding hydrogens is 372 g/mol. The molecule has 2 aliphatic rings. The van der Waals surface area contributed by atoms with E-state index < -0.39 is 13.9 Å². The van der Waals surface area contributed by atoms with E-state index in [-0.39, 0.29) is 28.9 Å². The van der Waals surface area contributed by atoms with Crippen LogP contribution in [0.5, 0.6) is 11.5 Å². The van der Waals surface area contributed by atoms with Crippen molar-refractivity contribution >= 4 is 14.1 Å². The van der Waals surface area contributed by atoms with E-state index in [1.54, 1.807) is 19.4 Å². The standard InChI is InChI=1S/C22H32O5Si/c1-15-18-14-19(27-28(6,7)21(2,3)4)22(26-18,20(15)23)12-13-25-17-10-8-16(24-5)9-11-17/h8-13,15,18-19H,14H2,1-7H3/b13-12+/t15-,18+,19+,22-/m0/s1. The van der Waals surface area contributed by atoms with Crippen LogP contribution >= 0.6 is 0 Å². The maximum atomic E-state index is 13.0. The van der Waals surface area contributed by atoms with Crippen LogP contribution in [0.3, 0.4) is 0 Å². The highest BCUT2D eigenvalue weighted by Crippen LogP contribution is 2.49. The minimum Gasteiger partial charge on any atom is -0.497 e. The SMILES string of the molecule is COc1ccc(O/C=C/[C@]23O[C@H](C[C@H]2O[Si](C)(C)C(C)(C)C)[C@H](C)C3=O)cc1. The molecule has 0 aliphatic carbocycles. The topological polar surface area (TPSA) is 54.0 Å². The highest BCUT2D eigenvalue weighted by molar-refractivity contribution is 6.74. The van der Waals surface area contributed by atoms with Crippen molar-refractivity contribution in [2.24, 2.45) is 5.92 Å². The molecule has 4 atom stereocenters. The summed E-state index contributed by atoms with van der Waals surface area (Å²) in [6.07, 6.45) is 3.70. The minimum atomic E-state index is -2.04. The maximum absolute atomic E-state index is 13.0. The van der Waals surface area contributed by atoms with Gasteiger partial charge in [-0.25, -0.2) is 0 Å². The van der Waals surface area contributed by atoms with Gasteiger partial charge in [0.15, 0.2) is 19.7 Å². The van der Waals surface area contributed by atoms with E-state index in [1.165, 1.54) is 0 Å². The van der Waals surface area contributed by atoms with E-state index in [4.69, 9.17) is 18.6 Å². The third kappa shape index (κ3) is 3.65. The molecule has 0 amide bonds. The van der Waals surface area contributed by atoms with Gasteiger partial charge in [-0.15, -0.1) is 0 Å². The number of rotatable bonds is 6. The van der Waals surface area contributed by atoms with E-state index in [0.717, 1.165) is 12.2 Å². The first kappa shape index (κ1) is 21.1. The second-order valence-electron chi connectivity index (χ2n) is 9.30. The number of ether oxygens (including phenoxy) is 3. The second-order valence-corrected chi connectivity index (χ2v) is 14.1. The van der Waals surface area contributed by atoms with Crippen LogP contribution in [-0.2, 0) is 14.0 Å². The van der Waals surface area contributed by atoms with Crippen LogP contribution in [-0.4, -0.2) is 39.0 Å². The summed E-state index contributed by atoms with van der Waals surface area (Å²) < 4.78 is 23.7. The third-order valence-corrected chi connectivity index (χ3v) is 10.9. The van der Waals surface area contributed by atoms with Crippen molar-refractivity contribution in [3.63, 3.8) is 0 Å². The highest BCUT2D eigenvalue weighted by atomic mass is 28.4. The molecule has 0 unspecified atom stereocenters. The summed E-state index contributed by atoms with van der Waals surface area (Å²) >= 11 is 0. The van der Waals surface area contributed by atoms with Crippen LogP contribution in [0, 0.1) is 5.92 Å². The quantitative estimate of drug-likeness (QED) is 0.507. The number of hydrogen-bond acceptors (Lipinski definition) is 5. The zero-order chi connectivity index (χ0) is 20.7. The Kier molecular flexibility index (Phi) is 5.51. The number of Topliss-reactive ketones (excluding diaryl/α,β-unsaturated/α-hetero) is 1. The van der Waals surface area contributed by atoms with E-state index in [0.29, 0.717) is 5.75 Å². The van der Waals surface area contributed by atoms with Crippen LogP contribution in [0.15, 0.2) is 36.6 Å². The Balaban J connectivity index is 1.80. The van der Waals surface area contributed by atoms with E-state index in [2.05, 4.69) is 33.9 Å². The number of fused-ring (bicyclic) bond motifs is 2. The van der Waals surface area contributed by atoms with Gasteiger partial charge in [0.05, 0.1) is 25.6 Å². The lowest BCUT2D eigenvalue weighted by Gasteiger charge is -2.42. The predicted molar refractivity (Wildman–Crippen MR) is 111 cm³/mol. The Bertz CT molecular complexity index is 749. The maximum Gasteiger partial charge on any atom is 0.192 e. The average molecular weight is 405 g/mol. The molecule has 0 radical (unpaired) electrons. The van der Waals surface area contributed by atoms with Gasteiger partial charge >= 0.3 is 0 Å². The first-order chi connectivity index (χ1) is 13.0. The molecule has 28 heavy (non-hydrogen) atoms. The van der Waals surface area contributed by atoms with E-state index >= 15 is 0 Å². The average Bonchev–Trinajstić information content (AvgIpc) is 3.09. The Labute approximate surface area is 169 Å². The van der Waals surface area contributed by atoms with Gasteiger partial charge in [0, 0.05) is 12.3 Å². The third-order valence-electron chi connectivity index (χ3n) is 6.45. The number of methoxy groups -OCH3 is 1. The molecule has 0 spiro atoms. The first-order valence-electron chi connectivity index (χ1n) is 9.88. The fourth-order valence-electron chi connectivity index (χ4n) is 3.57. The summed E-state index contributed by atoms with van der Waals surface area (Å²) in [5, 5.41) is 0.0635. The van der Waals surface area contributed by atoms with Crippen LogP contribution < -0.4 is 9.47 Å². The Morgan fingerprint density at radius 1 is 1.18 bits per heavy atom. The number of ketones is 1. The van der Waals surface area contributed by atoms with Crippen molar-refractivity contribution in [2.75, 3.05) is 7.11 Å². The summed E-state index contributed by atoms with van der Waals surface area (Å²) in [4.78, 5) is 13.0. The van der Waals surface area contributed by atoms with Crippen LogP contribution in [0.25, 0.3) is 0 Å². The van der Waals surface area contributed by atoms with Crippen LogP contribution in [0.4, 0.5) is 0 Å². The van der Waals surface area contributed by atoms with Gasteiger partial charge in [0.2, 0.25) is 0 Å². The molecular formula is C22H32O5Si. The van der Waals surface area contributed by atoms with Crippen molar-refractivity contribution in [1.29, 1.82) is 0 Å². The molecule has 0 aromatic heterocycles. The van der Waals surface area contributed by atoms with Gasteiger partial charge < -0.3 is 18.6 Å². The molecule has 2 saturated heterocycles. The summed E-state index contributed by atoms with van der Waals surface area (Å²) in [6, 6.07) is 7.30. The normalized spacial score (nSPS) is 30.2. The van der Waals surface area contributed by atoms with Gasteiger partial charge in [0.25, 0.3) is 0 Å². The summed E-state index contributed by atoms with van der Waals surface area (Å²) in [7, 11) is -0.417. The molecule has 3 rings (SSSR count). The second kappa shape index (κ2) is 7.32. The van der Waals surface area contributed by atoms with Crippen molar-refractivity contribution in [1.82, 2.24) is 0 Å². The molecule has 0 N–H and O–H groups in total. The lowest BCUT2D eigenvalue weighted by atomic mass is 9.79. The number of carbonyl (C=O) groups is 1. The first-order valence-corrected chi connectivity index (χ1v) is 12.8. The Morgan fingerprint density at radius 2 is 1.79 bits per heavy atom. The van der Waals surface area contributed by atoms with Gasteiger partial charge in [-0.05, 0) is 48.5 Å². The molecule has 154 valence electrons. The lowest BCUT2D eigenvalue weighted by Crippen LogP contribution is -2.54. The van der Waals surface area contributed by atoms with Gasteiger partial charge in [-0.3, -0.25) is 4.79 Å².